The van der Waals surface area contributed by atoms with Crippen LogP contribution < -0.4 is 5.56 Å². The highest BCUT2D eigenvalue weighted by Gasteiger charge is 2.09. The highest BCUT2D eigenvalue weighted by Crippen LogP contribution is 2.22. The second kappa shape index (κ2) is 7.55. The number of benzene rings is 1. The molecule has 22 heavy (non-hydrogen) atoms. The van der Waals surface area contributed by atoms with Crippen molar-refractivity contribution in [3.8, 4) is 0 Å². The lowest BCUT2D eigenvalue weighted by Gasteiger charge is -2.05. The topological polar surface area (TPSA) is 72.1 Å². The van der Waals surface area contributed by atoms with Crippen LogP contribution in [0.1, 0.15) is 11.3 Å². The molecular formula is C14H12BrFN2O3S. The van der Waals surface area contributed by atoms with E-state index in [1.165, 1.54) is 31.0 Å². The van der Waals surface area contributed by atoms with E-state index in [2.05, 4.69) is 30.6 Å². The lowest BCUT2D eigenvalue weighted by atomic mass is 10.2. The SMILES string of the molecule is COC(=O)Cc1cc(=O)[nH]c(SCc2ccc(Br)cc2F)n1. The van der Waals surface area contributed by atoms with E-state index in [0.29, 0.717) is 26.6 Å². The van der Waals surface area contributed by atoms with E-state index in [1.54, 1.807) is 12.1 Å². The zero-order chi connectivity index (χ0) is 16.1. The van der Waals surface area contributed by atoms with Crippen molar-refractivity contribution in [3.05, 3.63) is 56.2 Å². The third kappa shape index (κ3) is 4.67. The third-order valence-corrected chi connectivity index (χ3v) is 4.12. The summed E-state index contributed by atoms with van der Waals surface area (Å²) >= 11 is 4.37. The molecule has 0 aliphatic carbocycles. The Labute approximate surface area is 138 Å². The van der Waals surface area contributed by atoms with Gasteiger partial charge in [-0.3, -0.25) is 9.59 Å². The van der Waals surface area contributed by atoms with Gasteiger partial charge in [-0.1, -0.05) is 33.8 Å². The number of hydrogen-bond acceptors (Lipinski definition) is 5. The van der Waals surface area contributed by atoms with Crippen molar-refractivity contribution >= 4 is 33.7 Å². The van der Waals surface area contributed by atoms with Gasteiger partial charge in [0.05, 0.1) is 19.2 Å². The van der Waals surface area contributed by atoms with Crippen LogP contribution in [0.25, 0.3) is 0 Å². The maximum atomic E-state index is 13.7. The predicted molar refractivity (Wildman–Crippen MR) is 84.2 cm³/mol. The number of ether oxygens (including phenoxy) is 1. The maximum Gasteiger partial charge on any atom is 0.311 e. The molecule has 116 valence electrons. The van der Waals surface area contributed by atoms with Gasteiger partial charge in [-0.15, -0.1) is 0 Å². The van der Waals surface area contributed by atoms with Gasteiger partial charge in [0.25, 0.3) is 5.56 Å². The Morgan fingerprint density at radius 2 is 2.23 bits per heavy atom. The summed E-state index contributed by atoms with van der Waals surface area (Å²) in [6.45, 7) is 0. The normalized spacial score (nSPS) is 10.5. The molecule has 0 spiro atoms. The summed E-state index contributed by atoms with van der Waals surface area (Å²) < 4.78 is 18.9. The molecule has 1 N–H and O–H groups in total. The number of nitrogens with zero attached hydrogens (tertiary/aromatic N) is 1. The van der Waals surface area contributed by atoms with Gasteiger partial charge in [-0.2, -0.15) is 0 Å². The van der Waals surface area contributed by atoms with Gasteiger partial charge in [0.2, 0.25) is 0 Å². The van der Waals surface area contributed by atoms with Crippen LogP contribution in [0.5, 0.6) is 0 Å². The number of carbonyl (C=O) groups excluding carboxylic acids is 1. The smallest absolute Gasteiger partial charge is 0.311 e. The highest BCUT2D eigenvalue weighted by molar-refractivity contribution is 9.10. The summed E-state index contributed by atoms with van der Waals surface area (Å²) in [5.74, 6) is -0.507. The zero-order valence-electron chi connectivity index (χ0n) is 11.6. The molecule has 2 aromatic rings. The molecule has 0 saturated carbocycles. The molecule has 0 amide bonds. The number of thioether (sulfide) groups is 1. The van der Waals surface area contributed by atoms with E-state index in [0.717, 1.165) is 0 Å². The first kappa shape index (κ1) is 16.7. The van der Waals surface area contributed by atoms with Crippen LogP contribution in [-0.4, -0.2) is 23.0 Å². The molecule has 2 rings (SSSR count). The van der Waals surface area contributed by atoms with Gasteiger partial charge in [0.15, 0.2) is 5.16 Å². The van der Waals surface area contributed by atoms with Crippen LogP contribution >= 0.6 is 27.7 Å². The van der Waals surface area contributed by atoms with Gasteiger partial charge in [-0.05, 0) is 17.7 Å². The summed E-state index contributed by atoms with van der Waals surface area (Å²) in [5, 5.41) is 0.328. The van der Waals surface area contributed by atoms with Crippen molar-refractivity contribution in [2.75, 3.05) is 7.11 Å². The Hall–Kier alpha value is -1.67. The van der Waals surface area contributed by atoms with Gasteiger partial charge in [0, 0.05) is 16.3 Å². The van der Waals surface area contributed by atoms with Crippen molar-refractivity contribution in [3.63, 3.8) is 0 Å². The Morgan fingerprint density at radius 1 is 1.45 bits per heavy atom. The van der Waals surface area contributed by atoms with Crippen molar-refractivity contribution < 1.29 is 13.9 Å². The molecule has 5 nitrogen and oxygen atoms in total. The maximum absolute atomic E-state index is 13.7. The number of rotatable bonds is 5. The van der Waals surface area contributed by atoms with Crippen molar-refractivity contribution in [1.82, 2.24) is 9.97 Å². The van der Waals surface area contributed by atoms with Crippen LogP contribution in [-0.2, 0) is 21.7 Å². The Balaban J connectivity index is 2.12. The lowest BCUT2D eigenvalue weighted by Crippen LogP contribution is -2.13. The fraction of sp³-hybridized carbons (Fsp3) is 0.214. The first-order valence-electron chi connectivity index (χ1n) is 6.21. The minimum absolute atomic E-state index is 0.0827. The highest BCUT2D eigenvalue weighted by atomic mass is 79.9. The largest absolute Gasteiger partial charge is 0.469 e. The number of esters is 1. The van der Waals surface area contributed by atoms with Gasteiger partial charge in [-0.25, -0.2) is 9.37 Å². The second-order valence-corrected chi connectivity index (χ2v) is 6.20. The summed E-state index contributed by atoms with van der Waals surface area (Å²) in [7, 11) is 1.27. The Morgan fingerprint density at radius 3 is 2.91 bits per heavy atom. The van der Waals surface area contributed by atoms with Crippen LogP contribution in [0.2, 0.25) is 0 Å². The molecule has 0 unspecified atom stereocenters. The molecule has 1 aromatic carbocycles. The molecule has 8 heteroatoms. The van der Waals surface area contributed by atoms with E-state index >= 15 is 0 Å². The van der Waals surface area contributed by atoms with Crippen molar-refractivity contribution in [2.45, 2.75) is 17.3 Å². The Bertz CT molecular complexity index is 751. The van der Waals surface area contributed by atoms with Gasteiger partial charge in [0.1, 0.15) is 5.82 Å². The predicted octanol–water partition coefficient (Wildman–Crippen LogP) is 2.68. The third-order valence-electron chi connectivity index (χ3n) is 2.71. The number of nitrogens with one attached hydrogen (secondary N) is 1. The standard InChI is InChI=1S/C14H12BrFN2O3S/c1-21-13(20)6-10-5-12(19)18-14(17-10)22-7-8-2-3-9(15)4-11(8)16/h2-5H,6-7H2,1H3,(H,17,18,19). The van der Waals surface area contributed by atoms with E-state index in [9.17, 15) is 14.0 Å². The molecule has 0 aliphatic rings. The average Bonchev–Trinajstić information content (AvgIpc) is 2.45. The number of methoxy groups -OCH3 is 1. The van der Waals surface area contributed by atoms with Gasteiger partial charge >= 0.3 is 5.97 Å². The molecule has 0 atom stereocenters. The summed E-state index contributed by atoms with van der Waals surface area (Å²) in [6, 6.07) is 6.01. The van der Waals surface area contributed by atoms with Crippen LogP contribution in [0.15, 0.2) is 38.7 Å². The van der Waals surface area contributed by atoms with Crippen molar-refractivity contribution in [2.24, 2.45) is 0 Å². The molecule has 0 saturated heterocycles. The number of hydrogen-bond donors (Lipinski definition) is 1. The van der Waals surface area contributed by atoms with Crippen LogP contribution in [0.3, 0.4) is 0 Å². The molecule has 0 aliphatic heterocycles. The first-order chi connectivity index (χ1) is 10.5. The van der Waals surface area contributed by atoms with Crippen LogP contribution in [0.4, 0.5) is 4.39 Å². The lowest BCUT2D eigenvalue weighted by molar-refractivity contribution is -0.139. The van der Waals surface area contributed by atoms with E-state index in [4.69, 9.17) is 0 Å². The number of aromatic amines is 1. The monoisotopic (exact) mass is 386 g/mol. The quantitative estimate of drug-likeness (QED) is 0.485. The number of halogens is 2. The fourth-order valence-corrected chi connectivity index (χ4v) is 2.86. The molecule has 0 radical (unpaired) electrons. The minimum Gasteiger partial charge on any atom is -0.469 e. The second-order valence-electron chi connectivity index (χ2n) is 4.32. The summed E-state index contributed by atoms with van der Waals surface area (Å²) in [5.41, 5.74) is 0.441. The fourth-order valence-electron chi connectivity index (χ4n) is 1.65. The Kier molecular flexibility index (Phi) is 5.73. The van der Waals surface area contributed by atoms with E-state index in [-0.39, 0.29) is 17.8 Å². The van der Waals surface area contributed by atoms with Crippen LogP contribution in [0, 0.1) is 5.82 Å². The number of H-pyrrole nitrogens is 1. The minimum atomic E-state index is -0.479. The molecule has 0 bridgehead atoms. The average molecular weight is 387 g/mol. The molecule has 1 heterocycles. The molecular weight excluding hydrogens is 375 g/mol. The number of aromatic nitrogens is 2. The first-order valence-corrected chi connectivity index (χ1v) is 7.99. The molecule has 1 aromatic heterocycles. The van der Waals surface area contributed by atoms with Gasteiger partial charge < -0.3 is 9.72 Å². The zero-order valence-corrected chi connectivity index (χ0v) is 14.0. The van der Waals surface area contributed by atoms with E-state index in [1.807, 2.05) is 0 Å². The summed E-state index contributed by atoms with van der Waals surface area (Å²) in [6.07, 6.45) is -0.0827. The van der Waals surface area contributed by atoms with Crippen molar-refractivity contribution in [1.29, 1.82) is 0 Å². The molecule has 0 fully saturated rings. The summed E-state index contributed by atoms with van der Waals surface area (Å²) in [4.78, 5) is 29.5. The number of carbonyl (C=O) groups is 1. The van der Waals surface area contributed by atoms with E-state index < -0.39 is 5.97 Å².